The van der Waals surface area contributed by atoms with Crippen molar-refractivity contribution in [1.82, 2.24) is 0 Å². The first-order valence-electron chi connectivity index (χ1n) is 7.00. The maximum Gasteiger partial charge on any atom is 0.337 e. The number of carbonyl (C=O) groups is 1. The van der Waals surface area contributed by atoms with E-state index in [0.717, 1.165) is 12.3 Å². The van der Waals surface area contributed by atoms with Crippen LogP contribution in [0.15, 0.2) is 41.3 Å². The Labute approximate surface area is 147 Å². The first-order chi connectivity index (χ1) is 12.0. The Balaban J connectivity index is 2.36. The van der Waals surface area contributed by atoms with Gasteiger partial charge in [0.2, 0.25) is 5.75 Å². The van der Waals surface area contributed by atoms with Crippen LogP contribution in [0.25, 0.3) is 6.08 Å². The fourth-order valence-electron chi connectivity index (χ4n) is 2.10. The number of allylic oxidation sites excluding steroid dienone is 1. The van der Waals surface area contributed by atoms with Gasteiger partial charge in [-0.05, 0) is 29.8 Å². The Bertz CT molecular complexity index is 1030. The molecule has 0 aliphatic carbocycles. The van der Waals surface area contributed by atoms with Crippen LogP contribution >= 0.6 is 0 Å². The minimum Gasteiger partial charge on any atom is -0.502 e. The summed E-state index contributed by atoms with van der Waals surface area (Å²) in [4.78, 5) is 22.0. The van der Waals surface area contributed by atoms with Gasteiger partial charge in [-0.3, -0.25) is 14.9 Å². The lowest BCUT2D eigenvalue weighted by Crippen LogP contribution is -2.04. The molecule has 0 amide bonds. The van der Waals surface area contributed by atoms with Crippen LogP contribution in [0.4, 0.5) is 15.8 Å². The number of rotatable bonds is 5. The summed E-state index contributed by atoms with van der Waals surface area (Å²) < 4.78 is 36.4. The summed E-state index contributed by atoms with van der Waals surface area (Å²) in [5.74, 6) is -3.13. The van der Waals surface area contributed by atoms with Crippen LogP contribution < -0.4 is 5.73 Å². The average Bonchev–Trinajstić information content (AvgIpc) is 2.55. The molecule has 0 fully saturated rings. The lowest BCUT2D eigenvalue weighted by atomic mass is 10.1. The smallest absolute Gasteiger partial charge is 0.337 e. The van der Waals surface area contributed by atoms with E-state index in [0.29, 0.717) is 11.6 Å². The Hall–Kier alpha value is -3.27. The molecule has 0 unspecified atom stereocenters. The highest BCUT2D eigenvalue weighted by Crippen LogP contribution is 2.37. The van der Waals surface area contributed by atoms with Gasteiger partial charge in [0, 0.05) is 6.26 Å². The first kappa shape index (κ1) is 19.1. The molecule has 0 aliphatic heterocycles. The minimum absolute atomic E-state index is 0.0925. The number of hydrogen-bond donors (Lipinski definition) is 2. The quantitative estimate of drug-likeness (QED) is 0.267. The molecule has 0 atom stereocenters. The minimum atomic E-state index is -3.36. The van der Waals surface area contributed by atoms with Gasteiger partial charge in [0.1, 0.15) is 0 Å². The topological polar surface area (TPSA) is 141 Å². The van der Waals surface area contributed by atoms with Crippen molar-refractivity contribution in [2.75, 3.05) is 12.0 Å². The van der Waals surface area contributed by atoms with Gasteiger partial charge in [0.15, 0.2) is 27.1 Å². The molecule has 0 saturated carbocycles. The monoisotopic (exact) mass is 380 g/mol. The number of aromatic hydroxyl groups is 1. The molecule has 8 nitrogen and oxygen atoms in total. The van der Waals surface area contributed by atoms with Crippen LogP contribution in [0, 0.1) is 15.9 Å². The molecule has 2 aromatic carbocycles. The molecule has 0 heterocycles. The average molecular weight is 380 g/mol. The molecule has 136 valence electrons. The van der Waals surface area contributed by atoms with Crippen molar-refractivity contribution in [2.45, 2.75) is 4.90 Å². The van der Waals surface area contributed by atoms with Crippen molar-refractivity contribution in [2.24, 2.45) is 0 Å². The highest BCUT2D eigenvalue weighted by Gasteiger charge is 2.27. The Morgan fingerprint density at radius 1 is 1.31 bits per heavy atom. The van der Waals surface area contributed by atoms with Crippen molar-refractivity contribution < 1.29 is 27.6 Å². The largest absolute Gasteiger partial charge is 0.502 e. The summed E-state index contributed by atoms with van der Waals surface area (Å²) in [5, 5.41) is 20.7. The standard InChI is InChI=1S/C16H13FN2O6S/c1-26(24,25)10-5-2-9(3-6-10)4-7-13(20)11-8-12(17)14(18)15(16(11)21)19(22)23/h2-8,21H,18H2,1H3. The number of nitrogens with zero attached hydrogens (tertiary/aromatic N) is 1. The Morgan fingerprint density at radius 3 is 2.38 bits per heavy atom. The number of benzene rings is 2. The molecule has 0 saturated heterocycles. The summed E-state index contributed by atoms with van der Waals surface area (Å²) in [6.45, 7) is 0. The van der Waals surface area contributed by atoms with Gasteiger partial charge in [0.05, 0.1) is 15.4 Å². The lowest BCUT2D eigenvalue weighted by molar-refractivity contribution is -0.385. The number of anilines is 1. The van der Waals surface area contributed by atoms with E-state index in [4.69, 9.17) is 5.73 Å². The van der Waals surface area contributed by atoms with Gasteiger partial charge in [-0.25, -0.2) is 12.8 Å². The lowest BCUT2D eigenvalue weighted by Gasteiger charge is -2.05. The zero-order chi connectivity index (χ0) is 19.6. The van der Waals surface area contributed by atoms with E-state index in [1.54, 1.807) is 0 Å². The zero-order valence-corrected chi connectivity index (χ0v) is 14.2. The number of nitro benzene ring substituents is 1. The van der Waals surface area contributed by atoms with Gasteiger partial charge in [-0.2, -0.15) is 0 Å². The molecule has 0 bridgehead atoms. The zero-order valence-electron chi connectivity index (χ0n) is 13.3. The number of phenolic OH excluding ortho intramolecular Hbond substituents is 1. The van der Waals surface area contributed by atoms with E-state index in [-0.39, 0.29) is 4.90 Å². The van der Waals surface area contributed by atoms with Crippen molar-refractivity contribution in [3.05, 3.63) is 63.5 Å². The summed E-state index contributed by atoms with van der Waals surface area (Å²) in [6, 6.07) is 6.16. The fourth-order valence-corrected chi connectivity index (χ4v) is 2.73. The normalized spacial score (nSPS) is 11.6. The summed E-state index contributed by atoms with van der Waals surface area (Å²) in [6.07, 6.45) is 3.30. The number of hydrogen-bond acceptors (Lipinski definition) is 7. The fraction of sp³-hybridized carbons (Fsp3) is 0.0625. The van der Waals surface area contributed by atoms with E-state index in [1.165, 1.54) is 30.3 Å². The number of nitrogen functional groups attached to an aromatic ring is 1. The van der Waals surface area contributed by atoms with Gasteiger partial charge in [-0.1, -0.05) is 18.2 Å². The maximum absolute atomic E-state index is 13.7. The van der Waals surface area contributed by atoms with Crippen molar-refractivity contribution in [1.29, 1.82) is 0 Å². The molecule has 3 N–H and O–H groups in total. The second kappa shape index (κ2) is 6.92. The predicted molar refractivity (Wildman–Crippen MR) is 92.0 cm³/mol. The van der Waals surface area contributed by atoms with E-state index in [9.17, 15) is 32.8 Å². The van der Waals surface area contributed by atoms with E-state index >= 15 is 0 Å². The second-order valence-electron chi connectivity index (χ2n) is 5.31. The predicted octanol–water partition coefficient (Wildman–Crippen LogP) is 2.32. The van der Waals surface area contributed by atoms with Crippen LogP contribution in [0.5, 0.6) is 5.75 Å². The number of halogens is 1. The van der Waals surface area contributed by atoms with E-state index < -0.39 is 49.0 Å². The number of ketones is 1. The van der Waals surface area contributed by atoms with Gasteiger partial charge in [-0.15, -0.1) is 0 Å². The maximum atomic E-state index is 13.7. The Kier molecular flexibility index (Phi) is 5.07. The summed E-state index contributed by atoms with van der Waals surface area (Å²) >= 11 is 0. The molecular weight excluding hydrogens is 367 g/mol. The number of sulfone groups is 1. The van der Waals surface area contributed by atoms with Gasteiger partial charge >= 0.3 is 5.69 Å². The summed E-state index contributed by atoms with van der Waals surface area (Å²) in [5.41, 5.74) is 3.09. The third-order valence-corrected chi connectivity index (χ3v) is 4.57. The van der Waals surface area contributed by atoms with Crippen LogP contribution in [-0.4, -0.2) is 30.5 Å². The molecule has 10 heteroatoms. The number of nitrogens with two attached hydrogens (primary N) is 1. The molecule has 2 rings (SSSR count). The van der Waals surface area contributed by atoms with E-state index in [2.05, 4.69) is 0 Å². The third kappa shape index (κ3) is 3.86. The van der Waals surface area contributed by atoms with Gasteiger partial charge < -0.3 is 10.8 Å². The van der Waals surface area contributed by atoms with Crippen molar-refractivity contribution >= 4 is 33.1 Å². The van der Waals surface area contributed by atoms with Crippen LogP contribution in [0.1, 0.15) is 15.9 Å². The SMILES string of the molecule is CS(=O)(=O)c1ccc(C=CC(=O)c2cc(F)c(N)c([N+](=O)[O-])c2O)cc1. The molecule has 0 radical (unpaired) electrons. The van der Waals surface area contributed by atoms with Gasteiger partial charge in [0.25, 0.3) is 0 Å². The number of phenols is 1. The Morgan fingerprint density at radius 2 is 1.88 bits per heavy atom. The highest BCUT2D eigenvalue weighted by atomic mass is 32.2. The highest BCUT2D eigenvalue weighted by molar-refractivity contribution is 7.90. The molecule has 0 aromatic heterocycles. The van der Waals surface area contributed by atoms with Crippen LogP contribution in [-0.2, 0) is 9.84 Å². The van der Waals surface area contributed by atoms with Crippen LogP contribution in [0.2, 0.25) is 0 Å². The van der Waals surface area contributed by atoms with Crippen molar-refractivity contribution in [3.63, 3.8) is 0 Å². The van der Waals surface area contributed by atoms with Crippen LogP contribution in [0.3, 0.4) is 0 Å². The molecule has 26 heavy (non-hydrogen) atoms. The first-order valence-corrected chi connectivity index (χ1v) is 8.89. The second-order valence-corrected chi connectivity index (χ2v) is 7.33. The number of carbonyl (C=O) groups excluding carboxylic acids is 1. The molecule has 2 aromatic rings. The number of nitro groups is 1. The van der Waals surface area contributed by atoms with Crippen molar-refractivity contribution in [3.8, 4) is 5.75 Å². The molecule has 0 aliphatic rings. The summed E-state index contributed by atoms with van der Waals surface area (Å²) in [7, 11) is -3.36. The van der Waals surface area contributed by atoms with E-state index in [1.807, 2.05) is 0 Å². The third-order valence-electron chi connectivity index (χ3n) is 3.45. The molecule has 0 spiro atoms. The molecular formula is C16H13FN2O6S.